The summed E-state index contributed by atoms with van der Waals surface area (Å²) in [6, 6.07) is 10.1. The summed E-state index contributed by atoms with van der Waals surface area (Å²) in [7, 11) is 2.62. The van der Waals surface area contributed by atoms with Gasteiger partial charge in [0.25, 0.3) is 0 Å². The molecule has 5 rings (SSSR count). The number of halogens is 3. The van der Waals surface area contributed by atoms with Gasteiger partial charge in [-0.2, -0.15) is 0 Å². The molecule has 9 nitrogen and oxygen atoms in total. The van der Waals surface area contributed by atoms with Crippen molar-refractivity contribution in [2.75, 3.05) is 20.8 Å². The first-order valence-electron chi connectivity index (χ1n) is 11.1. The van der Waals surface area contributed by atoms with Gasteiger partial charge in [-0.1, -0.05) is 35.5 Å². The molecule has 0 unspecified atom stereocenters. The Morgan fingerprint density at radius 3 is 2.47 bits per heavy atom. The summed E-state index contributed by atoms with van der Waals surface area (Å²) in [6.45, 7) is 0.0978. The molecule has 3 aromatic rings. The summed E-state index contributed by atoms with van der Waals surface area (Å²) in [5, 5.41) is 8.13. The van der Waals surface area contributed by atoms with E-state index in [0.717, 1.165) is 17.7 Å². The number of rotatable bonds is 5. The third-order valence-electron chi connectivity index (χ3n) is 6.22. The number of aromatic nitrogens is 3. The molecule has 0 saturated carbocycles. The number of esters is 1. The van der Waals surface area contributed by atoms with E-state index in [9.17, 15) is 18.0 Å². The molecular formula is C24H22F3N3O6. The van der Waals surface area contributed by atoms with Crippen molar-refractivity contribution in [1.29, 1.82) is 0 Å². The molecule has 6 atom stereocenters. The van der Waals surface area contributed by atoms with Crippen LogP contribution in [0, 0.1) is 17.5 Å². The van der Waals surface area contributed by atoms with Crippen LogP contribution in [0.3, 0.4) is 0 Å². The molecule has 2 fully saturated rings. The lowest BCUT2D eigenvalue weighted by molar-refractivity contribution is -0.316. The van der Waals surface area contributed by atoms with Crippen LogP contribution in [0.1, 0.15) is 17.9 Å². The molecule has 190 valence electrons. The number of hydrogen-bond donors (Lipinski definition) is 0. The van der Waals surface area contributed by atoms with Gasteiger partial charge in [-0.3, -0.25) is 0 Å². The van der Waals surface area contributed by atoms with Crippen LogP contribution in [0.2, 0.25) is 0 Å². The van der Waals surface area contributed by atoms with Gasteiger partial charge >= 0.3 is 5.97 Å². The largest absolute Gasteiger partial charge is 0.467 e. The van der Waals surface area contributed by atoms with E-state index in [1.54, 1.807) is 0 Å². The molecule has 2 aromatic carbocycles. The zero-order valence-electron chi connectivity index (χ0n) is 19.2. The van der Waals surface area contributed by atoms with Crippen molar-refractivity contribution in [1.82, 2.24) is 15.0 Å². The van der Waals surface area contributed by atoms with Gasteiger partial charge in [0.2, 0.25) is 0 Å². The second-order valence-corrected chi connectivity index (χ2v) is 8.32. The Kier molecular flexibility index (Phi) is 6.75. The van der Waals surface area contributed by atoms with E-state index in [-0.39, 0.29) is 17.9 Å². The Bertz CT molecular complexity index is 1220. The number of ether oxygens (including phenoxy) is 5. The lowest BCUT2D eigenvalue weighted by Crippen LogP contribution is -2.61. The van der Waals surface area contributed by atoms with Crippen LogP contribution < -0.4 is 0 Å². The summed E-state index contributed by atoms with van der Waals surface area (Å²) in [5.41, 5.74) is 0.831. The Labute approximate surface area is 203 Å². The quantitative estimate of drug-likeness (QED) is 0.386. The molecule has 0 spiro atoms. The van der Waals surface area contributed by atoms with Crippen LogP contribution >= 0.6 is 0 Å². The van der Waals surface area contributed by atoms with Crippen molar-refractivity contribution in [2.24, 2.45) is 0 Å². The first-order valence-corrected chi connectivity index (χ1v) is 11.1. The number of carbonyl (C=O) groups excluding carboxylic acids is 1. The highest BCUT2D eigenvalue weighted by molar-refractivity contribution is 5.75. The normalized spacial score (nSPS) is 27.9. The van der Waals surface area contributed by atoms with Gasteiger partial charge in [0.05, 0.1) is 19.9 Å². The maximum atomic E-state index is 13.8. The molecule has 2 saturated heterocycles. The molecule has 2 aliphatic heterocycles. The highest BCUT2D eigenvalue weighted by Crippen LogP contribution is 2.40. The highest BCUT2D eigenvalue weighted by Gasteiger charge is 2.54. The summed E-state index contributed by atoms with van der Waals surface area (Å²) >= 11 is 0. The Morgan fingerprint density at radius 2 is 1.81 bits per heavy atom. The van der Waals surface area contributed by atoms with Crippen molar-refractivity contribution in [3.05, 3.63) is 71.7 Å². The number of carbonyl (C=O) groups is 1. The van der Waals surface area contributed by atoms with E-state index in [2.05, 4.69) is 10.3 Å². The van der Waals surface area contributed by atoms with Crippen LogP contribution in [0.25, 0.3) is 11.3 Å². The zero-order valence-corrected chi connectivity index (χ0v) is 19.2. The maximum Gasteiger partial charge on any atom is 0.337 e. The van der Waals surface area contributed by atoms with Crippen molar-refractivity contribution in [3.63, 3.8) is 0 Å². The number of hydrogen-bond acceptors (Lipinski definition) is 8. The molecule has 36 heavy (non-hydrogen) atoms. The average molecular weight is 505 g/mol. The van der Waals surface area contributed by atoms with Gasteiger partial charge in [-0.05, 0) is 12.1 Å². The minimum Gasteiger partial charge on any atom is -0.467 e. The Morgan fingerprint density at radius 1 is 1.08 bits per heavy atom. The molecule has 0 radical (unpaired) electrons. The van der Waals surface area contributed by atoms with Crippen LogP contribution in [0.4, 0.5) is 13.2 Å². The first kappa shape index (κ1) is 24.4. The standard InChI is InChI=1S/C24H22F3N3O6/c1-32-21-19(30-10-16(28-29-30)13-8-14(25)18(27)15(26)9-13)20-17(35-22(21)23(31)33-2)11-34-24(36-20)12-6-4-3-5-7-12/h3-10,17,19-22,24H,11H2,1-2H3/t17-,19+,20+,21-,22-,24+/m1/s1. The summed E-state index contributed by atoms with van der Waals surface area (Å²) < 4.78 is 71.1. The molecule has 1 aromatic heterocycles. The summed E-state index contributed by atoms with van der Waals surface area (Å²) in [5.74, 6) is -4.96. The second kappa shape index (κ2) is 9.97. The monoisotopic (exact) mass is 505 g/mol. The Hall–Kier alpha value is -3.32. The average Bonchev–Trinajstić information content (AvgIpc) is 3.40. The van der Waals surface area contributed by atoms with Gasteiger partial charge < -0.3 is 23.7 Å². The van der Waals surface area contributed by atoms with E-state index in [0.29, 0.717) is 0 Å². The van der Waals surface area contributed by atoms with Crippen LogP contribution in [0.5, 0.6) is 0 Å². The topological polar surface area (TPSA) is 93.9 Å². The van der Waals surface area contributed by atoms with E-state index >= 15 is 0 Å². The third-order valence-corrected chi connectivity index (χ3v) is 6.22. The van der Waals surface area contributed by atoms with Crippen LogP contribution in [0.15, 0.2) is 48.7 Å². The minimum absolute atomic E-state index is 0.0187. The zero-order chi connectivity index (χ0) is 25.4. The maximum absolute atomic E-state index is 13.8. The Balaban J connectivity index is 1.53. The molecule has 3 heterocycles. The molecule has 0 amide bonds. The highest BCUT2D eigenvalue weighted by atomic mass is 19.2. The molecule has 2 aliphatic rings. The fourth-order valence-electron chi connectivity index (χ4n) is 4.51. The van der Waals surface area contributed by atoms with Crippen molar-refractivity contribution in [3.8, 4) is 11.3 Å². The molecular weight excluding hydrogens is 483 g/mol. The number of fused-ring (bicyclic) bond motifs is 1. The lowest BCUT2D eigenvalue weighted by Gasteiger charge is -2.48. The van der Waals surface area contributed by atoms with Crippen LogP contribution in [-0.2, 0) is 28.5 Å². The molecule has 0 bridgehead atoms. The number of benzene rings is 2. The van der Waals surface area contributed by atoms with Crippen LogP contribution in [-0.4, -0.2) is 66.2 Å². The van der Waals surface area contributed by atoms with E-state index in [1.165, 1.54) is 25.1 Å². The second-order valence-electron chi connectivity index (χ2n) is 8.32. The SMILES string of the molecule is COC(=O)[C@@H]1O[C@@H]2CO[C@H](c3ccccc3)O[C@@H]2[C@H](n2cc(-c3cc(F)c(F)c(F)c3)nn2)[C@H]1OC. The lowest BCUT2D eigenvalue weighted by atomic mass is 9.91. The predicted molar refractivity (Wildman–Crippen MR) is 116 cm³/mol. The van der Waals surface area contributed by atoms with E-state index in [4.69, 9.17) is 23.7 Å². The molecule has 0 N–H and O–H groups in total. The first-order chi connectivity index (χ1) is 17.4. The fourth-order valence-corrected chi connectivity index (χ4v) is 4.51. The summed E-state index contributed by atoms with van der Waals surface area (Å²) in [6.07, 6.45) is -2.79. The summed E-state index contributed by atoms with van der Waals surface area (Å²) in [4.78, 5) is 12.5. The number of nitrogens with zero attached hydrogens (tertiary/aromatic N) is 3. The van der Waals surface area contributed by atoms with Crippen molar-refractivity contribution >= 4 is 5.97 Å². The minimum atomic E-state index is -1.58. The number of methoxy groups -OCH3 is 2. The van der Waals surface area contributed by atoms with E-state index < -0.39 is 60.2 Å². The van der Waals surface area contributed by atoms with Crippen molar-refractivity contribution in [2.45, 2.75) is 36.7 Å². The van der Waals surface area contributed by atoms with Gasteiger partial charge in [0, 0.05) is 18.2 Å². The van der Waals surface area contributed by atoms with Gasteiger partial charge in [0.1, 0.15) is 30.0 Å². The smallest absolute Gasteiger partial charge is 0.337 e. The molecule has 12 heteroatoms. The van der Waals surface area contributed by atoms with E-state index in [1.807, 2.05) is 30.3 Å². The van der Waals surface area contributed by atoms with Gasteiger partial charge in [-0.25, -0.2) is 22.6 Å². The van der Waals surface area contributed by atoms with Gasteiger partial charge in [-0.15, -0.1) is 5.10 Å². The van der Waals surface area contributed by atoms with Gasteiger partial charge in [0.15, 0.2) is 29.8 Å². The predicted octanol–water partition coefficient (Wildman–Crippen LogP) is 2.97. The fraction of sp³-hybridized carbons (Fsp3) is 0.375. The third kappa shape index (κ3) is 4.37. The molecule has 0 aliphatic carbocycles. The van der Waals surface area contributed by atoms with Crippen molar-refractivity contribution < 1.29 is 41.7 Å².